The topological polar surface area (TPSA) is 75.1 Å². The molecule has 2 N–H and O–H groups in total. The Morgan fingerprint density at radius 1 is 1.67 bits per heavy atom. The molecule has 0 aliphatic heterocycles. The predicted octanol–water partition coefficient (Wildman–Crippen LogP) is 0.917. The van der Waals surface area contributed by atoms with Gasteiger partial charge in [-0.05, 0) is 13.8 Å². The van der Waals surface area contributed by atoms with Gasteiger partial charge >= 0.3 is 5.97 Å². The largest absolute Gasteiger partial charge is 0.477 e. The zero-order valence-electron chi connectivity index (χ0n) is 8.48. The van der Waals surface area contributed by atoms with Crippen molar-refractivity contribution in [1.29, 1.82) is 0 Å². The van der Waals surface area contributed by atoms with Gasteiger partial charge < -0.3 is 10.4 Å². The standard InChI is InChI=1S/C10H11N3O2/c1-4-6(2)11-9-5-8(10(14)15)12-7(3)13-9/h1,5-6H,2-3H3,(H,14,15)(H,11,12,13). The summed E-state index contributed by atoms with van der Waals surface area (Å²) in [7, 11) is 0. The second kappa shape index (κ2) is 4.42. The summed E-state index contributed by atoms with van der Waals surface area (Å²) in [5, 5.41) is 11.6. The zero-order chi connectivity index (χ0) is 11.4. The van der Waals surface area contributed by atoms with Gasteiger partial charge in [-0.15, -0.1) is 6.42 Å². The summed E-state index contributed by atoms with van der Waals surface area (Å²) in [4.78, 5) is 18.5. The van der Waals surface area contributed by atoms with Gasteiger partial charge in [-0.2, -0.15) is 0 Å². The van der Waals surface area contributed by atoms with Crippen LogP contribution >= 0.6 is 0 Å². The summed E-state index contributed by atoms with van der Waals surface area (Å²) < 4.78 is 0. The molecule has 0 aliphatic rings. The molecule has 0 radical (unpaired) electrons. The van der Waals surface area contributed by atoms with Gasteiger partial charge in [0.2, 0.25) is 0 Å². The first-order valence-corrected chi connectivity index (χ1v) is 4.34. The molecule has 15 heavy (non-hydrogen) atoms. The van der Waals surface area contributed by atoms with Crippen molar-refractivity contribution >= 4 is 11.8 Å². The molecule has 5 heteroatoms. The summed E-state index contributed by atoms with van der Waals surface area (Å²) in [6.07, 6.45) is 5.18. The minimum absolute atomic E-state index is 0.0470. The van der Waals surface area contributed by atoms with Gasteiger partial charge in [0.15, 0.2) is 5.69 Å². The van der Waals surface area contributed by atoms with Crippen molar-refractivity contribution in [2.75, 3.05) is 5.32 Å². The SMILES string of the molecule is C#CC(C)Nc1cc(C(=O)O)nc(C)n1. The van der Waals surface area contributed by atoms with Crippen molar-refractivity contribution in [3.63, 3.8) is 0 Å². The van der Waals surface area contributed by atoms with Crippen LogP contribution in [0.4, 0.5) is 5.82 Å². The molecule has 0 aromatic carbocycles. The first-order valence-electron chi connectivity index (χ1n) is 4.34. The number of aryl methyl sites for hydroxylation is 1. The molecule has 0 saturated heterocycles. The van der Waals surface area contributed by atoms with E-state index in [1.54, 1.807) is 13.8 Å². The van der Waals surface area contributed by atoms with Crippen molar-refractivity contribution in [2.24, 2.45) is 0 Å². The fraction of sp³-hybridized carbons (Fsp3) is 0.300. The smallest absolute Gasteiger partial charge is 0.354 e. The third-order valence-electron chi connectivity index (χ3n) is 1.67. The average Bonchev–Trinajstić information content (AvgIpc) is 2.16. The Balaban J connectivity index is 3.00. The van der Waals surface area contributed by atoms with Gasteiger partial charge in [-0.1, -0.05) is 5.92 Å². The highest BCUT2D eigenvalue weighted by molar-refractivity contribution is 5.86. The maximum absolute atomic E-state index is 10.7. The van der Waals surface area contributed by atoms with Gasteiger partial charge in [0.05, 0.1) is 6.04 Å². The number of aromatic carboxylic acids is 1. The maximum Gasteiger partial charge on any atom is 0.354 e. The summed E-state index contributed by atoms with van der Waals surface area (Å²) in [6.45, 7) is 3.40. The number of hydrogen-bond acceptors (Lipinski definition) is 4. The van der Waals surface area contributed by atoms with E-state index >= 15 is 0 Å². The van der Waals surface area contributed by atoms with Crippen LogP contribution in [-0.2, 0) is 0 Å². The molecule has 0 amide bonds. The van der Waals surface area contributed by atoms with Crippen molar-refractivity contribution in [2.45, 2.75) is 19.9 Å². The molecule has 0 bridgehead atoms. The van der Waals surface area contributed by atoms with E-state index in [9.17, 15) is 4.79 Å². The summed E-state index contributed by atoms with van der Waals surface area (Å²) in [5.74, 6) is 2.19. The number of rotatable bonds is 3. The second-order valence-electron chi connectivity index (χ2n) is 3.02. The number of carbonyl (C=O) groups is 1. The van der Waals surface area contributed by atoms with Crippen LogP contribution in [0.25, 0.3) is 0 Å². The van der Waals surface area contributed by atoms with Crippen molar-refractivity contribution in [1.82, 2.24) is 9.97 Å². The first kappa shape index (κ1) is 11.0. The number of nitrogens with one attached hydrogen (secondary N) is 1. The maximum atomic E-state index is 10.7. The van der Waals surface area contributed by atoms with Crippen LogP contribution < -0.4 is 5.32 Å². The minimum atomic E-state index is -1.09. The van der Waals surface area contributed by atoms with E-state index in [-0.39, 0.29) is 11.7 Å². The lowest BCUT2D eigenvalue weighted by Crippen LogP contribution is -2.15. The molecule has 0 fully saturated rings. The third kappa shape index (κ3) is 2.95. The molecule has 1 aromatic heterocycles. The summed E-state index contributed by atoms with van der Waals surface area (Å²) in [6, 6.07) is 1.14. The number of hydrogen-bond donors (Lipinski definition) is 2. The van der Waals surface area contributed by atoms with Gasteiger partial charge in [0, 0.05) is 6.07 Å². The van der Waals surface area contributed by atoms with Gasteiger partial charge in [0.1, 0.15) is 11.6 Å². The Labute approximate surface area is 87.6 Å². The lowest BCUT2D eigenvalue weighted by Gasteiger charge is -2.09. The molecule has 0 saturated carbocycles. The molecular weight excluding hydrogens is 194 g/mol. The molecule has 1 unspecified atom stereocenters. The van der Waals surface area contributed by atoms with Crippen LogP contribution in [0.15, 0.2) is 6.07 Å². The number of nitrogens with zero attached hydrogens (tertiary/aromatic N) is 2. The van der Waals surface area contributed by atoms with E-state index in [0.29, 0.717) is 11.6 Å². The molecule has 5 nitrogen and oxygen atoms in total. The van der Waals surface area contributed by atoms with Crippen LogP contribution in [-0.4, -0.2) is 27.1 Å². The van der Waals surface area contributed by atoms with E-state index in [4.69, 9.17) is 11.5 Å². The monoisotopic (exact) mass is 205 g/mol. The quantitative estimate of drug-likeness (QED) is 0.717. The summed E-state index contributed by atoms with van der Waals surface area (Å²) in [5.41, 5.74) is -0.0470. The molecule has 1 atom stereocenters. The number of anilines is 1. The molecule has 1 aromatic rings. The highest BCUT2D eigenvalue weighted by Gasteiger charge is 2.09. The van der Waals surface area contributed by atoms with E-state index < -0.39 is 5.97 Å². The fourth-order valence-electron chi connectivity index (χ4n) is 1.01. The Kier molecular flexibility index (Phi) is 3.24. The number of carboxylic acid groups (broad SMARTS) is 1. The third-order valence-corrected chi connectivity index (χ3v) is 1.67. The van der Waals surface area contributed by atoms with Crippen molar-refractivity contribution in [3.8, 4) is 12.3 Å². The lowest BCUT2D eigenvalue weighted by molar-refractivity contribution is 0.0690. The Morgan fingerprint density at radius 3 is 2.87 bits per heavy atom. The van der Waals surface area contributed by atoms with Crippen molar-refractivity contribution in [3.05, 3.63) is 17.6 Å². The molecular formula is C10H11N3O2. The van der Waals surface area contributed by atoms with E-state index in [1.165, 1.54) is 6.07 Å². The number of terminal acetylenes is 1. The lowest BCUT2D eigenvalue weighted by atomic mass is 10.3. The Bertz CT molecular complexity index is 423. The summed E-state index contributed by atoms with van der Waals surface area (Å²) >= 11 is 0. The predicted molar refractivity (Wildman–Crippen MR) is 55.6 cm³/mol. The van der Waals surface area contributed by atoms with E-state index in [2.05, 4.69) is 21.2 Å². The Hall–Kier alpha value is -2.09. The Morgan fingerprint density at radius 2 is 2.33 bits per heavy atom. The zero-order valence-corrected chi connectivity index (χ0v) is 8.48. The van der Waals surface area contributed by atoms with Gasteiger partial charge in [-0.25, -0.2) is 14.8 Å². The van der Waals surface area contributed by atoms with E-state index in [0.717, 1.165) is 0 Å². The highest BCUT2D eigenvalue weighted by Crippen LogP contribution is 2.07. The van der Waals surface area contributed by atoms with Crippen LogP contribution in [0.1, 0.15) is 23.2 Å². The van der Waals surface area contributed by atoms with Crippen molar-refractivity contribution < 1.29 is 9.90 Å². The van der Waals surface area contributed by atoms with Crippen LogP contribution in [0.2, 0.25) is 0 Å². The second-order valence-corrected chi connectivity index (χ2v) is 3.02. The first-order chi connectivity index (χ1) is 7.02. The minimum Gasteiger partial charge on any atom is -0.477 e. The fourth-order valence-corrected chi connectivity index (χ4v) is 1.01. The van der Waals surface area contributed by atoms with Gasteiger partial charge in [0.25, 0.3) is 0 Å². The molecule has 78 valence electrons. The van der Waals surface area contributed by atoms with Crippen LogP contribution in [0.5, 0.6) is 0 Å². The number of carboxylic acids is 1. The highest BCUT2D eigenvalue weighted by atomic mass is 16.4. The average molecular weight is 205 g/mol. The molecule has 1 rings (SSSR count). The molecule has 1 heterocycles. The van der Waals surface area contributed by atoms with Crippen LogP contribution in [0.3, 0.4) is 0 Å². The normalized spacial score (nSPS) is 11.5. The van der Waals surface area contributed by atoms with Crippen LogP contribution in [0, 0.1) is 19.3 Å². The molecule has 0 aliphatic carbocycles. The molecule has 0 spiro atoms. The van der Waals surface area contributed by atoms with E-state index in [1.807, 2.05) is 0 Å². The van der Waals surface area contributed by atoms with Gasteiger partial charge in [-0.3, -0.25) is 0 Å². The number of aromatic nitrogens is 2.